The molecule has 1 saturated heterocycles. The largest absolute Gasteiger partial charge is 0.332 e. The molecule has 0 aromatic heterocycles. The third-order valence-corrected chi connectivity index (χ3v) is 3.05. The van der Waals surface area contributed by atoms with Crippen LogP contribution in [-0.2, 0) is 4.79 Å². The van der Waals surface area contributed by atoms with Crippen molar-refractivity contribution in [1.29, 1.82) is 0 Å². The zero-order valence-corrected chi connectivity index (χ0v) is 8.08. The fourth-order valence-electron chi connectivity index (χ4n) is 2.35. The molecule has 2 rings (SSSR count). The van der Waals surface area contributed by atoms with Gasteiger partial charge >= 0.3 is 0 Å². The van der Waals surface area contributed by atoms with Gasteiger partial charge < -0.3 is 4.90 Å². The van der Waals surface area contributed by atoms with E-state index >= 15 is 0 Å². The van der Waals surface area contributed by atoms with Gasteiger partial charge in [0.15, 0.2) is 0 Å². The van der Waals surface area contributed by atoms with Crippen molar-refractivity contribution in [2.75, 3.05) is 0 Å². The maximum Gasteiger partial charge on any atom is 0.220 e. The molecular formula is C10H17NO. The Kier molecular flexibility index (Phi) is 1.67. The van der Waals surface area contributed by atoms with Gasteiger partial charge in [0.05, 0.1) is 12.1 Å². The van der Waals surface area contributed by atoms with Gasteiger partial charge in [0, 0.05) is 6.92 Å². The van der Waals surface area contributed by atoms with Crippen LogP contribution in [0.15, 0.2) is 0 Å². The Morgan fingerprint density at radius 2 is 2.00 bits per heavy atom. The van der Waals surface area contributed by atoms with E-state index < -0.39 is 0 Å². The van der Waals surface area contributed by atoms with Crippen LogP contribution in [0.1, 0.15) is 33.6 Å². The van der Waals surface area contributed by atoms with E-state index in [9.17, 15) is 4.79 Å². The van der Waals surface area contributed by atoms with Crippen molar-refractivity contribution < 1.29 is 4.79 Å². The second kappa shape index (κ2) is 2.48. The summed E-state index contributed by atoms with van der Waals surface area (Å²) < 4.78 is 0. The van der Waals surface area contributed by atoms with Gasteiger partial charge in [-0.1, -0.05) is 13.8 Å². The molecule has 2 fully saturated rings. The minimum Gasteiger partial charge on any atom is -0.332 e. The SMILES string of the molecule is CC(=O)N1[C@H](C2CC2)[C@@H]1C(C)C. The Hall–Kier alpha value is -0.530. The first-order valence-corrected chi connectivity index (χ1v) is 4.92. The van der Waals surface area contributed by atoms with E-state index in [4.69, 9.17) is 0 Å². The van der Waals surface area contributed by atoms with Crippen molar-refractivity contribution in [3.63, 3.8) is 0 Å². The first kappa shape index (κ1) is 8.09. The summed E-state index contributed by atoms with van der Waals surface area (Å²) in [6.07, 6.45) is 2.69. The Labute approximate surface area is 73.9 Å². The molecule has 12 heavy (non-hydrogen) atoms. The van der Waals surface area contributed by atoms with Crippen LogP contribution in [0.2, 0.25) is 0 Å². The van der Waals surface area contributed by atoms with E-state index in [1.807, 2.05) is 0 Å². The standard InChI is InChI=1S/C10H17NO/c1-6(2)9-10(8-4-5-8)11(9)7(3)12/h6,8-10H,4-5H2,1-3H3/t9-,10+,11?/m0/s1. The fourth-order valence-corrected chi connectivity index (χ4v) is 2.35. The highest BCUT2D eigenvalue weighted by atomic mass is 16.2. The molecule has 0 bridgehead atoms. The summed E-state index contributed by atoms with van der Waals surface area (Å²) in [4.78, 5) is 13.3. The molecule has 1 heterocycles. The van der Waals surface area contributed by atoms with E-state index in [2.05, 4.69) is 18.7 Å². The molecule has 1 amide bonds. The molecular weight excluding hydrogens is 150 g/mol. The molecule has 2 aliphatic rings. The Morgan fingerprint density at radius 3 is 2.25 bits per heavy atom. The van der Waals surface area contributed by atoms with Gasteiger partial charge in [0.2, 0.25) is 5.91 Å². The van der Waals surface area contributed by atoms with Crippen LogP contribution in [0.3, 0.4) is 0 Å². The van der Waals surface area contributed by atoms with Crippen LogP contribution in [0.5, 0.6) is 0 Å². The number of carbonyl (C=O) groups is 1. The monoisotopic (exact) mass is 167 g/mol. The average molecular weight is 167 g/mol. The molecule has 0 aromatic rings. The smallest absolute Gasteiger partial charge is 0.220 e. The lowest BCUT2D eigenvalue weighted by Crippen LogP contribution is -2.12. The van der Waals surface area contributed by atoms with Crippen molar-refractivity contribution >= 4 is 5.91 Å². The number of nitrogens with zero attached hydrogens (tertiary/aromatic N) is 1. The van der Waals surface area contributed by atoms with Crippen LogP contribution in [0.25, 0.3) is 0 Å². The molecule has 1 aliphatic heterocycles. The Balaban J connectivity index is 2.00. The first-order valence-electron chi connectivity index (χ1n) is 4.92. The minimum atomic E-state index is 0.269. The van der Waals surface area contributed by atoms with Crippen molar-refractivity contribution in [3.05, 3.63) is 0 Å². The van der Waals surface area contributed by atoms with E-state index in [0.29, 0.717) is 18.0 Å². The fraction of sp³-hybridized carbons (Fsp3) is 0.900. The van der Waals surface area contributed by atoms with E-state index in [-0.39, 0.29) is 5.91 Å². The predicted molar refractivity (Wildman–Crippen MR) is 47.7 cm³/mol. The van der Waals surface area contributed by atoms with Crippen LogP contribution < -0.4 is 0 Å². The molecule has 68 valence electrons. The van der Waals surface area contributed by atoms with Crippen LogP contribution in [0.4, 0.5) is 0 Å². The van der Waals surface area contributed by atoms with Crippen LogP contribution in [0, 0.1) is 11.8 Å². The number of amides is 1. The second-order valence-electron chi connectivity index (χ2n) is 4.49. The Bertz CT molecular complexity index is 200. The number of hydrogen-bond donors (Lipinski definition) is 0. The van der Waals surface area contributed by atoms with Gasteiger partial charge in [-0.3, -0.25) is 4.79 Å². The molecule has 2 heteroatoms. The van der Waals surface area contributed by atoms with E-state index in [1.165, 1.54) is 12.8 Å². The van der Waals surface area contributed by atoms with Crippen LogP contribution in [-0.4, -0.2) is 22.9 Å². The van der Waals surface area contributed by atoms with E-state index in [1.54, 1.807) is 6.92 Å². The number of carbonyl (C=O) groups excluding carboxylic acids is 1. The molecule has 1 saturated carbocycles. The zero-order chi connectivity index (χ0) is 8.88. The highest BCUT2D eigenvalue weighted by molar-refractivity contribution is 5.77. The average Bonchev–Trinajstić information content (AvgIpc) is 2.81. The predicted octanol–water partition coefficient (Wildman–Crippen LogP) is 1.65. The summed E-state index contributed by atoms with van der Waals surface area (Å²) in [6, 6.07) is 1.18. The van der Waals surface area contributed by atoms with Gasteiger partial charge in [0.25, 0.3) is 0 Å². The second-order valence-corrected chi connectivity index (χ2v) is 4.49. The highest BCUT2D eigenvalue weighted by Crippen LogP contribution is 2.49. The summed E-state index contributed by atoms with van der Waals surface area (Å²) in [5, 5.41) is 0. The summed E-state index contributed by atoms with van der Waals surface area (Å²) in [7, 11) is 0. The van der Waals surface area contributed by atoms with Gasteiger partial charge in [-0.15, -0.1) is 0 Å². The van der Waals surface area contributed by atoms with Crippen molar-refractivity contribution in [2.45, 2.75) is 45.7 Å². The van der Waals surface area contributed by atoms with Gasteiger partial charge in [-0.05, 0) is 24.7 Å². The Morgan fingerprint density at radius 1 is 1.42 bits per heavy atom. The highest BCUT2D eigenvalue weighted by Gasteiger charge is 2.57. The van der Waals surface area contributed by atoms with Gasteiger partial charge in [0.1, 0.15) is 0 Å². The quantitative estimate of drug-likeness (QED) is 0.573. The lowest BCUT2D eigenvalue weighted by Gasteiger charge is -2.01. The summed E-state index contributed by atoms with van der Waals surface area (Å²) >= 11 is 0. The number of hydrogen-bond acceptors (Lipinski definition) is 1. The van der Waals surface area contributed by atoms with Crippen molar-refractivity contribution in [1.82, 2.24) is 4.90 Å². The van der Waals surface area contributed by atoms with E-state index in [0.717, 1.165) is 5.92 Å². The lowest BCUT2D eigenvalue weighted by atomic mass is 10.1. The third-order valence-electron chi connectivity index (χ3n) is 3.05. The molecule has 0 radical (unpaired) electrons. The normalized spacial score (nSPS) is 34.2. The molecule has 1 aliphatic carbocycles. The molecule has 0 spiro atoms. The minimum absolute atomic E-state index is 0.269. The molecule has 2 nitrogen and oxygen atoms in total. The summed E-state index contributed by atoms with van der Waals surface area (Å²) in [5.41, 5.74) is 0. The summed E-state index contributed by atoms with van der Waals surface area (Å²) in [5.74, 6) is 1.76. The van der Waals surface area contributed by atoms with Gasteiger partial charge in [-0.25, -0.2) is 0 Å². The third kappa shape index (κ3) is 1.13. The van der Waals surface area contributed by atoms with Crippen molar-refractivity contribution in [2.24, 2.45) is 11.8 Å². The topological polar surface area (TPSA) is 20.1 Å². The zero-order valence-electron chi connectivity index (χ0n) is 8.08. The lowest BCUT2D eigenvalue weighted by molar-refractivity contribution is -0.124. The molecule has 0 aromatic carbocycles. The first-order chi connectivity index (χ1) is 5.63. The maximum atomic E-state index is 11.2. The molecule has 0 N–H and O–H groups in total. The maximum absolute atomic E-state index is 11.2. The summed E-state index contributed by atoms with van der Waals surface area (Å²) in [6.45, 7) is 6.11. The number of rotatable bonds is 2. The molecule has 0 unspecified atom stereocenters. The molecule has 2 atom stereocenters. The van der Waals surface area contributed by atoms with Gasteiger partial charge in [-0.2, -0.15) is 0 Å². The van der Waals surface area contributed by atoms with Crippen LogP contribution >= 0.6 is 0 Å². The van der Waals surface area contributed by atoms with Crippen molar-refractivity contribution in [3.8, 4) is 0 Å².